The average molecular weight is 692 g/mol. The van der Waals surface area contributed by atoms with E-state index in [9.17, 15) is 0 Å². The minimum Gasteiger partial charge on any atom is -0.208 e. The largest absolute Gasteiger partial charge is 0.208 e. The summed E-state index contributed by atoms with van der Waals surface area (Å²) in [6.07, 6.45) is 0. The van der Waals surface area contributed by atoms with E-state index in [1.165, 1.54) is 63.3 Å². The van der Waals surface area contributed by atoms with Crippen LogP contribution in [0.4, 0.5) is 0 Å². The molecule has 0 N–H and O–H groups in total. The molecule has 0 bridgehead atoms. The van der Waals surface area contributed by atoms with Gasteiger partial charge in [-0.2, -0.15) is 0 Å². The van der Waals surface area contributed by atoms with Crippen LogP contribution in [0.3, 0.4) is 0 Å². The second kappa shape index (κ2) is 11.9. The number of aromatic nitrogens is 3. The predicted molar refractivity (Wildman–Crippen MR) is 224 cm³/mol. The highest BCUT2D eigenvalue weighted by molar-refractivity contribution is 7.25. The van der Waals surface area contributed by atoms with Gasteiger partial charge in [-0.25, -0.2) is 15.0 Å². The van der Waals surface area contributed by atoms with Gasteiger partial charge in [-0.3, -0.25) is 0 Å². The van der Waals surface area contributed by atoms with E-state index in [0.29, 0.717) is 17.5 Å². The molecule has 246 valence electrons. The van der Waals surface area contributed by atoms with Crippen molar-refractivity contribution >= 4 is 74.6 Å². The van der Waals surface area contributed by atoms with Gasteiger partial charge in [-0.05, 0) is 90.6 Å². The summed E-state index contributed by atoms with van der Waals surface area (Å²) < 4.78 is 2.53. The number of fused-ring (bicyclic) bond motifs is 11. The van der Waals surface area contributed by atoms with Gasteiger partial charge in [0.05, 0.1) is 0 Å². The third kappa shape index (κ3) is 4.91. The lowest BCUT2D eigenvalue weighted by molar-refractivity contribution is 1.07. The molecular formula is C49H29N3S. The van der Waals surface area contributed by atoms with Crippen LogP contribution in [0.2, 0.25) is 0 Å². The summed E-state index contributed by atoms with van der Waals surface area (Å²) in [6, 6.07) is 62.8. The highest BCUT2D eigenvalue weighted by Gasteiger charge is 2.16. The molecule has 0 aliphatic heterocycles. The molecule has 4 heteroatoms. The lowest BCUT2D eigenvalue weighted by Crippen LogP contribution is -2.00. The molecule has 11 rings (SSSR count). The first-order chi connectivity index (χ1) is 26.2. The van der Waals surface area contributed by atoms with Gasteiger partial charge < -0.3 is 0 Å². The first-order valence-corrected chi connectivity index (χ1v) is 18.7. The zero-order valence-electron chi connectivity index (χ0n) is 28.5. The Hall–Kier alpha value is -6.75. The second-order valence-electron chi connectivity index (χ2n) is 13.6. The smallest absolute Gasteiger partial charge is 0.164 e. The third-order valence-corrected chi connectivity index (χ3v) is 11.6. The van der Waals surface area contributed by atoms with E-state index < -0.39 is 0 Å². The Morgan fingerprint density at radius 1 is 0.283 bits per heavy atom. The molecule has 0 spiro atoms. The minimum absolute atomic E-state index is 0.648. The number of benzene rings is 9. The third-order valence-electron chi connectivity index (χ3n) is 10.5. The first-order valence-electron chi connectivity index (χ1n) is 17.9. The monoisotopic (exact) mass is 691 g/mol. The Morgan fingerprint density at radius 3 is 1.66 bits per heavy atom. The Labute approximate surface area is 309 Å². The van der Waals surface area contributed by atoms with E-state index in [0.717, 1.165) is 27.8 Å². The molecule has 0 fully saturated rings. The van der Waals surface area contributed by atoms with Crippen LogP contribution in [-0.4, -0.2) is 15.0 Å². The van der Waals surface area contributed by atoms with E-state index in [4.69, 9.17) is 15.0 Å². The van der Waals surface area contributed by atoms with Crippen LogP contribution >= 0.6 is 11.3 Å². The highest BCUT2D eigenvalue weighted by Crippen LogP contribution is 2.41. The predicted octanol–water partition coefficient (Wildman–Crippen LogP) is 13.5. The van der Waals surface area contributed by atoms with Crippen LogP contribution in [0.25, 0.3) is 109 Å². The molecule has 0 unspecified atom stereocenters. The van der Waals surface area contributed by atoms with Gasteiger partial charge in [0.15, 0.2) is 17.5 Å². The lowest BCUT2D eigenvalue weighted by atomic mass is 9.89. The van der Waals surface area contributed by atoms with Gasteiger partial charge in [-0.1, -0.05) is 140 Å². The van der Waals surface area contributed by atoms with Gasteiger partial charge in [0.1, 0.15) is 0 Å². The molecule has 0 radical (unpaired) electrons. The molecule has 0 saturated carbocycles. The molecule has 9 aromatic carbocycles. The van der Waals surface area contributed by atoms with Crippen LogP contribution in [0.5, 0.6) is 0 Å². The van der Waals surface area contributed by atoms with E-state index >= 15 is 0 Å². The molecule has 2 heterocycles. The minimum atomic E-state index is 0.648. The number of nitrogens with zero attached hydrogens (tertiary/aromatic N) is 3. The number of hydrogen-bond donors (Lipinski definition) is 0. The quantitative estimate of drug-likeness (QED) is 0.172. The topological polar surface area (TPSA) is 38.7 Å². The van der Waals surface area contributed by atoms with Crippen molar-refractivity contribution in [1.82, 2.24) is 15.0 Å². The second-order valence-corrected chi connectivity index (χ2v) is 14.7. The van der Waals surface area contributed by atoms with Gasteiger partial charge in [0, 0.05) is 36.9 Å². The first kappa shape index (κ1) is 29.9. The van der Waals surface area contributed by atoms with Crippen LogP contribution < -0.4 is 0 Å². The summed E-state index contributed by atoms with van der Waals surface area (Å²) in [5, 5.41) is 12.6. The summed E-state index contributed by atoms with van der Waals surface area (Å²) in [7, 11) is 0. The zero-order chi connectivity index (χ0) is 34.9. The molecule has 53 heavy (non-hydrogen) atoms. The maximum absolute atomic E-state index is 5.14. The molecule has 0 aliphatic carbocycles. The van der Waals surface area contributed by atoms with Crippen LogP contribution in [0.1, 0.15) is 0 Å². The molecule has 0 atom stereocenters. The van der Waals surface area contributed by atoms with E-state index in [1.54, 1.807) is 0 Å². The summed E-state index contributed by atoms with van der Waals surface area (Å²) in [5.74, 6) is 1.96. The van der Waals surface area contributed by atoms with Gasteiger partial charge >= 0.3 is 0 Å². The average Bonchev–Trinajstić information content (AvgIpc) is 3.61. The number of thiophene rings is 1. The normalized spacial score (nSPS) is 11.8. The van der Waals surface area contributed by atoms with Gasteiger partial charge in [0.2, 0.25) is 0 Å². The van der Waals surface area contributed by atoms with Crippen LogP contribution in [0.15, 0.2) is 176 Å². The maximum Gasteiger partial charge on any atom is 0.164 e. The van der Waals surface area contributed by atoms with Crippen molar-refractivity contribution in [1.29, 1.82) is 0 Å². The van der Waals surface area contributed by atoms with Crippen molar-refractivity contribution in [2.75, 3.05) is 0 Å². The summed E-state index contributed by atoms with van der Waals surface area (Å²) >= 11 is 1.81. The van der Waals surface area contributed by atoms with E-state index in [1.807, 2.05) is 29.5 Å². The Kier molecular flexibility index (Phi) is 6.73. The van der Waals surface area contributed by atoms with Crippen LogP contribution in [0, 0.1) is 0 Å². The fraction of sp³-hybridized carbons (Fsp3) is 0. The van der Waals surface area contributed by atoms with Crippen molar-refractivity contribution in [2.24, 2.45) is 0 Å². The molecule has 0 amide bonds. The van der Waals surface area contributed by atoms with Crippen molar-refractivity contribution in [2.45, 2.75) is 0 Å². The fourth-order valence-electron chi connectivity index (χ4n) is 7.96. The lowest BCUT2D eigenvalue weighted by Gasteiger charge is -2.14. The summed E-state index contributed by atoms with van der Waals surface area (Å²) in [6.45, 7) is 0. The Morgan fingerprint density at radius 2 is 0.811 bits per heavy atom. The Balaban J connectivity index is 1.08. The van der Waals surface area contributed by atoms with E-state index in [2.05, 4.69) is 158 Å². The molecule has 0 saturated heterocycles. The zero-order valence-corrected chi connectivity index (χ0v) is 29.3. The van der Waals surface area contributed by atoms with Crippen molar-refractivity contribution in [3.05, 3.63) is 176 Å². The molecule has 2 aromatic heterocycles. The van der Waals surface area contributed by atoms with Crippen LogP contribution in [-0.2, 0) is 0 Å². The highest BCUT2D eigenvalue weighted by atomic mass is 32.1. The van der Waals surface area contributed by atoms with Crippen molar-refractivity contribution in [3.8, 4) is 45.3 Å². The number of hydrogen-bond acceptors (Lipinski definition) is 4. The number of rotatable bonds is 4. The van der Waals surface area contributed by atoms with Gasteiger partial charge in [-0.15, -0.1) is 11.3 Å². The van der Waals surface area contributed by atoms with E-state index in [-0.39, 0.29) is 0 Å². The fourth-order valence-corrected chi connectivity index (χ4v) is 9.04. The van der Waals surface area contributed by atoms with Gasteiger partial charge in [0.25, 0.3) is 0 Å². The Bertz CT molecular complexity index is 3240. The summed E-state index contributed by atoms with van der Waals surface area (Å²) in [4.78, 5) is 15.3. The molecule has 3 nitrogen and oxygen atoms in total. The van der Waals surface area contributed by atoms with Crippen molar-refractivity contribution in [3.63, 3.8) is 0 Å². The summed E-state index contributed by atoms with van der Waals surface area (Å²) in [5.41, 5.74) is 5.13. The molecule has 0 aliphatic rings. The SMILES string of the molecule is c1ccc(-c2nc(-c3cccc(-c4ccc5c6ccccc6c6c7ccccc7ccc6c5c4)c3)nc(-c3ccc4sc5ccccc5c4c3)n2)cc1. The maximum atomic E-state index is 5.14. The molecular weight excluding hydrogens is 663 g/mol. The van der Waals surface area contributed by atoms with Crippen molar-refractivity contribution < 1.29 is 0 Å². The standard InChI is InChI=1S/C49H29N3S/c1-2-12-31(13-3-1)47-50-48(52-49(51-47)35-23-26-45-43(29-35)39-18-8-9-20-44(39)53-45)34-15-10-14-32(27-34)33-22-24-38-37-17-6-7-19-40(37)46-36-16-5-4-11-30(36)21-25-41(46)42(38)28-33/h1-29H. The molecule has 11 aromatic rings.